The highest BCUT2D eigenvalue weighted by Gasteiger charge is 1.97. The Hall–Kier alpha value is -1.41. The topological polar surface area (TPSA) is 34.1 Å². The second-order valence-corrected chi connectivity index (χ2v) is 2.80. The van der Waals surface area contributed by atoms with E-state index in [1.54, 1.807) is 24.3 Å². The number of allylic oxidation sites excluding steroid dienone is 1. The maximum Gasteiger partial charge on any atom is 0.151 e. The number of halogens is 1. The summed E-state index contributed by atoms with van der Waals surface area (Å²) in [6.07, 6.45) is 4.36. The summed E-state index contributed by atoms with van der Waals surface area (Å²) in [5, 5.41) is 0.392. The molecule has 0 N–H and O–H groups in total. The molecule has 0 aliphatic heterocycles. The summed E-state index contributed by atoms with van der Waals surface area (Å²) in [6.45, 7) is 0. The molecule has 1 rings (SSSR count). The van der Waals surface area contributed by atoms with E-state index in [0.717, 1.165) is 5.56 Å². The van der Waals surface area contributed by atoms with Crippen LogP contribution in [0.4, 0.5) is 0 Å². The predicted octanol–water partition coefficient (Wildman–Crippen LogP) is 2.36. The fourth-order valence-electron chi connectivity index (χ4n) is 0.893. The third kappa shape index (κ3) is 2.53. The minimum Gasteiger partial charge on any atom is -0.299 e. The second-order valence-electron chi connectivity index (χ2n) is 2.39. The zero-order valence-corrected chi connectivity index (χ0v) is 7.49. The molecule has 0 aliphatic carbocycles. The Morgan fingerprint density at radius 1 is 1.23 bits per heavy atom. The van der Waals surface area contributed by atoms with Crippen LogP contribution < -0.4 is 0 Å². The number of benzene rings is 1. The van der Waals surface area contributed by atoms with Crippen molar-refractivity contribution in [3.63, 3.8) is 0 Å². The molecule has 0 saturated carbocycles. The lowest BCUT2D eigenvalue weighted by Crippen LogP contribution is -1.82. The Kier molecular flexibility index (Phi) is 3.41. The molecule has 0 atom stereocenters. The van der Waals surface area contributed by atoms with Crippen LogP contribution in [0.2, 0.25) is 5.02 Å². The Morgan fingerprint density at radius 2 is 2.00 bits per heavy atom. The van der Waals surface area contributed by atoms with E-state index in [0.29, 0.717) is 23.2 Å². The summed E-state index contributed by atoms with van der Waals surface area (Å²) in [7, 11) is 0. The molecular formula is C10H7ClO2. The summed E-state index contributed by atoms with van der Waals surface area (Å²) in [4.78, 5) is 20.4. The van der Waals surface area contributed by atoms with Crippen LogP contribution in [0.5, 0.6) is 0 Å². The van der Waals surface area contributed by atoms with Gasteiger partial charge in [-0.05, 0) is 23.8 Å². The lowest BCUT2D eigenvalue weighted by Gasteiger charge is -1.96. The SMILES string of the molecule is O=CC=Cc1ccc(C=O)c(Cl)c1. The van der Waals surface area contributed by atoms with Gasteiger partial charge in [0.25, 0.3) is 0 Å². The van der Waals surface area contributed by atoms with Crippen LogP contribution in [0.1, 0.15) is 15.9 Å². The smallest absolute Gasteiger partial charge is 0.151 e. The van der Waals surface area contributed by atoms with Crippen LogP contribution in [0, 0.1) is 0 Å². The van der Waals surface area contributed by atoms with Crippen LogP contribution in [-0.4, -0.2) is 12.6 Å². The molecule has 0 unspecified atom stereocenters. The van der Waals surface area contributed by atoms with E-state index in [9.17, 15) is 9.59 Å². The molecule has 1 aromatic rings. The monoisotopic (exact) mass is 194 g/mol. The number of aldehydes is 2. The van der Waals surface area contributed by atoms with Gasteiger partial charge < -0.3 is 0 Å². The number of carbonyl (C=O) groups is 2. The second kappa shape index (κ2) is 4.58. The molecule has 0 fully saturated rings. The average Bonchev–Trinajstić information content (AvgIpc) is 2.15. The van der Waals surface area contributed by atoms with Crippen LogP contribution in [0.25, 0.3) is 6.08 Å². The van der Waals surface area contributed by atoms with Gasteiger partial charge in [-0.15, -0.1) is 0 Å². The summed E-state index contributed by atoms with van der Waals surface area (Å²) in [5.41, 5.74) is 1.24. The number of rotatable bonds is 3. The van der Waals surface area contributed by atoms with Crippen molar-refractivity contribution in [2.75, 3.05) is 0 Å². The van der Waals surface area contributed by atoms with E-state index in [-0.39, 0.29) is 0 Å². The molecule has 0 amide bonds. The third-order valence-electron chi connectivity index (χ3n) is 1.52. The first kappa shape index (κ1) is 9.68. The predicted molar refractivity (Wildman–Crippen MR) is 51.9 cm³/mol. The zero-order chi connectivity index (χ0) is 9.68. The first-order chi connectivity index (χ1) is 6.27. The van der Waals surface area contributed by atoms with Crippen molar-refractivity contribution < 1.29 is 9.59 Å². The number of hydrogen-bond acceptors (Lipinski definition) is 2. The van der Waals surface area contributed by atoms with E-state index in [1.807, 2.05) is 0 Å². The summed E-state index contributed by atoms with van der Waals surface area (Å²) >= 11 is 5.75. The molecule has 0 saturated heterocycles. The number of hydrogen-bond donors (Lipinski definition) is 0. The van der Waals surface area contributed by atoms with E-state index < -0.39 is 0 Å². The highest BCUT2D eigenvalue weighted by molar-refractivity contribution is 6.33. The van der Waals surface area contributed by atoms with Crippen LogP contribution in [0.3, 0.4) is 0 Å². The van der Waals surface area contributed by atoms with Gasteiger partial charge in [0.15, 0.2) is 6.29 Å². The van der Waals surface area contributed by atoms with Crippen LogP contribution in [0.15, 0.2) is 24.3 Å². The summed E-state index contributed by atoms with van der Waals surface area (Å²) in [6, 6.07) is 4.96. The molecule has 0 aromatic heterocycles. The van der Waals surface area contributed by atoms with Crippen molar-refractivity contribution in [3.8, 4) is 0 Å². The minimum atomic E-state index is 0.392. The highest BCUT2D eigenvalue weighted by Crippen LogP contribution is 2.16. The van der Waals surface area contributed by atoms with Gasteiger partial charge in [0.2, 0.25) is 0 Å². The van der Waals surface area contributed by atoms with Gasteiger partial charge in [-0.1, -0.05) is 23.7 Å². The maximum absolute atomic E-state index is 10.4. The van der Waals surface area contributed by atoms with Gasteiger partial charge in [-0.2, -0.15) is 0 Å². The van der Waals surface area contributed by atoms with Crippen LogP contribution in [-0.2, 0) is 4.79 Å². The van der Waals surface area contributed by atoms with Gasteiger partial charge in [0, 0.05) is 5.56 Å². The van der Waals surface area contributed by atoms with Gasteiger partial charge in [0.05, 0.1) is 5.02 Å². The molecule has 0 aliphatic rings. The molecule has 0 spiro atoms. The lowest BCUT2D eigenvalue weighted by atomic mass is 10.1. The molecule has 3 heteroatoms. The maximum atomic E-state index is 10.4. The molecule has 0 heterocycles. The standard InChI is InChI=1S/C10H7ClO2/c11-10-6-8(2-1-5-12)3-4-9(10)7-13/h1-7H. The molecule has 0 bridgehead atoms. The largest absolute Gasteiger partial charge is 0.299 e. The fourth-order valence-corrected chi connectivity index (χ4v) is 1.13. The molecule has 0 radical (unpaired) electrons. The zero-order valence-electron chi connectivity index (χ0n) is 6.74. The normalized spacial score (nSPS) is 10.2. The Labute approximate surface area is 80.8 Å². The Morgan fingerprint density at radius 3 is 2.54 bits per heavy atom. The van der Waals surface area contributed by atoms with E-state index in [1.165, 1.54) is 6.08 Å². The molecule has 66 valence electrons. The first-order valence-corrected chi connectivity index (χ1v) is 4.02. The number of carbonyl (C=O) groups excluding carboxylic acids is 2. The van der Waals surface area contributed by atoms with Gasteiger partial charge in [0.1, 0.15) is 6.29 Å². The molecular weight excluding hydrogens is 188 g/mol. The first-order valence-electron chi connectivity index (χ1n) is 3.64. The van der Waals surface area contributed by atoms with Crippen molar-refractivity contribution in [2.45, 2.75) is 0 Å². The van der Waals surface area contributed by atoms with Crippen molar-refractivity contribution >= 4 is 30.2 Å². The minimum absolute atomic E-state index is 0.392. The Bertz CT molecular complexity index is 356. The van der Waals surface area contributed by atoms with Crippen molar-refractivity contribution in [1.29, 1.82) is 0 Å². The van der Waals surface area contributed by atoms with Crippen molar-refractivity contribution in [3.05, 3.63) is 40.4 Å². The van der Waals surface area contributed by atoms with Crippen molar-refractivity contribution in [1.82, 2.24) is 0 Å². The van der Waals surface area contributed by atoms with Crippen molar-refractivity contribution in [2.24, 2.45) is 0 Å². The third-order valence-corrected chi connectivity index (χ3v) is 1.85. The summed E-state index contributed by atoms with van der Waals surface area (Å²) < 4.78 is 0. The lowest BCUT2D eigenvalue weighted by molar-refractivity contribution is -0.104. The average molecular weight is 195 g/mol. The molecule has 13 heavy (non-hydrogen) atoms. The van der Waals surface area contributed by atoms with Gasteiger partial charge in [-0.3, -0.25) is 9.59 Å². The van der Waals surface area contributed by atoms with Gasteiger partial charge >= 0.3 is 0 Å². The fraction of sp³-hybridized carbons (Fsp3) is 0. The molecule has 1 aromatic carbocycles. The highest BCUT2D eigenvalue weighted by atomic mass is 35.5. The van der Waals surface area contributed by atoms with Crippen LogP contribution >= 0.6 is 11.6 Å². The van der Waals surface area contributed by atoms with E-state index in [2.05, 4.69) is 0 Å². The Balaban J connectivity index is 3.02. The summed E-state index contributed by atoms with van der Waals surface area (Å²) in [5.74, 6) is 0. The van der Waals surface area contributed by atoms with Gasteiger partial charge in [-0.25, -0.2) is 0 Å². The quantitative estimate of drug-likeness (QED) is 0.547. The molecule has 2 nitrogen and oxygen atoms in total. The van der Waals surface area contributed by atoms with E-state index >= 15 is 0 Å². The van der Waals surface area contributed by atoms with E-state index in [4.69, 9.17) is 11.6 Å².